The monoisotopic (exact) mass is 390 g/mol. The molecule has 0 saturated heterocycles. The minimum absolute atomic E-state index is 0.0794. The van der Waals surface area contributed by atoms with Crippen LogP contribution in [-0.4, -0.2) is 32.3 Å². The summed E-state index contributed by atoms with van der Waals surface area (Å²) < 4.78 is 14.3. The van der Waals surface area contributed by atoms with Gasteiger partial charge in [-0.2, -0.15) is 5.10 Å². The molecule has 0 unspecified atom stereocenters. The Kier molecular flexibility index (Phi) is 5.39. The molecular weight excluding hydrogens is 379 g/mol. The summed E-state index contributed by atoms with van der Waals surface area (Å²) in [5, 5.41) is 14.2. The van der Waals surface area contributed by atoms with Crippen molar-refractivity contribution in [1.82, 2.24) is 9.78 Å². The molecule has 0 aliphatic heterocycles. The van der Waals surface area contributed by atoms with Crippen LogP contribution in [0.25, 0.3) is 0 Å². The predicted octanol–water partition coefficient (Wildman–Crippen LogP) is 4.04. The smallest absolute Gasteiger partial charge is 0.257 e. The third kappa shape index (κ3) is 4.12. The van der Waals surface area contributed by atoms with Crippen molar-refractivity contribution in [2.24, 2.45) is 0 Å². The zero-order chi connectivity index (χ0) is 18.7. The number of carbonyl (C=O) groups excluding carboxylic acids is 2. The summed E-state index contributed by atoms with van der Waals surface area (Å²) in [5.41, 5.74) is -0.108. The molecule has 0 spiro atoms. The molecule has 0 aliphatic rings. The molecule has 5 nitrogen and oxygen atoms in total. The van der Waals surface area contributed by atoms with Gasteiger partial charge in [0.05, 0.1) is 23.1 Å². The first-order valence-electron chi connectivity index (χ1n) is 7.43. The van der Waals surface area contributed by atoms with Gasteiger partial charge in [0.25, 0.3) is 5.91 Å². The Hall–Kier alpha value is -2.64. The van der Waals surface area contributed by atoms with Gasteiger partial charge in [-0.1, -0.05) is 11.6 Å². The maximum absolute atomic E-state index is 13.3. The standard InChI is InChI=1S/C18H12ClFN2O3S/c19-12-1-4-14(5-2-12)26-10-17(24)22-9-11(8-21-22)18(25)15-7-13(20)3-6-16(15)23/h1-9,23H,10H2. The second-order valence-corrected chi connectivity index (χ2v) is 6.79. The molecule has 0 saturated carbocycles. The van der Waals surface area contributed by atoms with Crippen molar-refractivity contribution >= 4 is 35.1 Å². The molecule has 26 heavy (non-hydrogen) atoms. The Morgan fingerprint density at radius 2 is 1.92 bits per heavy atom. The fourth-order valence-corrected chi connectivity index (χ4v) is 3.04. The van der Waals surface area contributed by atoms with Gasteiger partial charge in [0.2, 0.25) is 0 Å². The highest BCUT2D eigenvalue weighted by Gasteiger charge is 2.18. The van der Waals surface area contributed by atoms with E-state index in [-0.39, 0.29) is 28.5 Å². The molecule has 0 aliphatic carbocycles. The van der Waals surface area contributed by atoms with Crippen molar-refractivity contribution in [3.8, 4) is 5.75 Å². The molecule has 132 valence electrons. The van der Waals surface area contributed by atoms with Gasteiger partial charge in [0, 0.05) is 16.1 Å². The molecule has 8 heteroatoms. The lowest BCUT2D eigenvalue weighted by Crippen LogP contribution is -2.13. The van der Waals surface area contributed by atoms with Crippen LogP contribution in [0.1, 0.15) is 20.7 Å². The van der Waals surface area contributed by atoms with Crippen molar-refractivity contribution in [1.29, 1.82) is 0 Å². The lowest BCUT2D eigenvalue weighted by Gasteiger charge is -2.02. The number of phenolic OH excluding ortho intramolecular Hbond substituents is 1. The maximum Gasteiger partial charge on any atom is 0.257 e. The van der Waals surface area contributed by atoms with Gasteiger partial charge < -0.3 is 5.11 Å². The average Bonchev–Trinajstić information content (AvgIpc) is 3.12. The normalized spacial score (nSPS) is 10.7. The molecule has 0 fully saturated rings. The van der Waals surface area contributed by atoms with Crippen LogP contribution in [0, 0.1) is 5.82 Å². The van der Waals surface area contributed by atoms with E-state index < -0.39 is 11.6 Å². The van der Waals surface area contributed by atoms with Crippen LogP contribution in [0.2, 0.25) is 5.02 Å². The number of hydrogen-bond acceptors (Lipinski definition) is 5. The van der Waals surface area contributed by atoms with Gasteiger partial charge in [0.15, 0.2) is 5.78 Å². The summed E-state index contributed by atoms with van der Waals surface area (Å²) >= 11 is 7.12. The zero-order valence-electron chi connectivity index (χ0n) is 13.2. The summed E-state index contributed by atoms with van der Waals surface area (Å²) in [7, 11) is 0. The molecule has 0 amide bonds. The fraction of sp³-hybridized carbons (Fsp3) is 0.0556. The van der Waals surface area contributed by atoms with E-state index in [1.54, 1.807) is 24.3 Å². The van der Waals surface area contributed by atoms with Gasteiger partial charge >= 0.3 is 0 Å². The summed E-state index contributed by atoms with van der Waals surface area (Å²) in [5.74, 6) is -1.82. The fourth-order valence-electron chi connectivity index (χ4n) is 2.16. The van der Waals surface area contributed by atoms with Crippen molar-refractivity contribution in [3.63, 3.8) is 0 Å². The number of carbonyl (C=O) groups is 2. The van der Waals surface area contributed by atoms with E-state index in [0.29, 0.717) is 5.02 Å². The minimum atomic E-state index is -0.644. The number of phenols is 1. The van der Waals surface area contributed by atoms with E-state index in [2.05, 4.69) is 5.10 Å². The summed E-state index contributed by atoms with van der Waals surface area (Å²) in [6, 6.07) is 10.1. The van der Waals surface area contributed by atoms with E-state index in [0.717, 1.165) is 27.8 Å². The number of aromatic nitrogens is 2. The summed E-state index contributed by atoms with van der Waals surface area (Å²) in [6.45, 7) is 0. The topological polar surface area (TPSA) is 72.2 Å². The number of benzene rings is 2. The van der Waals surface area contributed by atoms with E-state index in [9.17, 15) is 19.1 Å². The van der Waals surface area contributed by atoms with Crippen molar-refractivity contribution < 1.29 is 19.1 Å². The number of thioether (sulfide) groups is 1. The number of hydrogen-bond donors (Lipinski definition) is 1. The van der Waals surface area contributed by atoms with Crippen LogP contribution in [0.3, 0.4) is 0 Å². The summed E-state index contributed by atoms with van der Waals surface area (Å²) in [4.78, 5) is 25.4. The maximum atomic E-state index is 13.3. The summed E-state index contributed by atoms with van der Waals surface area (Å²) in [6.07, 6.45) is 2.47. The van der Waals surface area contributed by atoms with E-state index in [4.69, 9.17) is 11.6 Å². The SMILES string of the molecule is O=C(c1cnn(C(=O)CSc2ccc(Cl)cc2)c1)c1cc(F)ccc1O. The van der Waals surface area contributed by atoms with Gasteiger partial charge in [-0.3, -0.25) is 9.59 Å². The minimum Gasteiger partial charge on any atom is -0.507 e. The number of halogens is 2. The van der Waals surface area contributed by atoms with Crippen LogP contribution in [0.15, 0.2) is 59.8 Å². The van der Waals surface area contributed by atoms with Crippen molar-refractivity contribution in [3.05, 3.63) is 76.8 Å². The third-order valence-electron chi connectivity index (χ3n) is 3.48. The number of ketones is 1. The second-order valence-electron chi connectivity index (χ2n) is 5.30. The van der Waals surface area contributed by atoms with Gasteiger partial charge in [-0.25, -0.2) is 9.07 Å². The predicted molar refractivity (Wildman–Crippen MR) is 96.5 cm³/mol. The molecule has 0 atom stereocenters. The number of aromatic hydroxyl groups is 1. The van der Waals surface area contributed by atoms with Crippen molar-refractivity contribution in [2.75, 3.05) is 5.75 Å². The highest BCUT2D eigenvalue weighted by molar-refractivity contribution is 8.00. The van der Waals surface area contributed by atoms with E-state index >= 15 is 0 Å². The average molecular weight is 391 g/mol. The van der Waals surface area contributed by atoms with Crippen LogP contribution < -0.4 is 0 Å². The lowest BCUT2D eigenvalue weighted by molar-refractivity contribution is 0.0926. The second kappa shape index (κ2) is 7.72. The van der Waals surface area contributed by atoms with Crippen LogP contribution in [-0.2, 0) is 0 Å². The first kappa shape index (κ1) is 18.2. The molecule has 1 N–H and O–H groups in total. The van der Waals surface area contributed by atoms with E-state index in [1.807, 2.05) is 0 Å². The van der Waals surface area contributed by atoms with Crippen LogP contribution in [0.5, 0.6) is 5.75 Å². The number of rotatable bonds is 5. The molecule has 0 bridgehead atoms. The zero-order valence-corrected chi connectivity index (χ0v) is 14.8. The molecule has 1 aromatic heterocycles. The molecule has 3 rings (SSSR count). The van der Waals surface area contributed by atoms with Crippen LogP contribution in [0.4, 0.5) is 4.39 Å². The van der Waals surface area contributed by atoms with E-state index in [1.165, 1.54) is 24.2 Å². The van der Waals surface area contributed by atoms with Crippen LogP contribution >= 0.6 is 23.4 Å². The molecule has 2 aromatic carbocycles. The number of nitrogens with zero attached hydrogens (tertiary/aromatic N) is 2. The Labute approximate surface area is 157 Å². The molecule has 3 aromatic rings. The van der Waals surface area contributed by atoms with Gasteiger partial charge in [0.1, 0.15) is 11.6 Å². The Morgan fingerprint density at radius 1 is 1.19 bits per heavy atom. The van der Waals surface area contributed by atoms with Gasteiger partial charge in [-0.05, 0) is 42.5 Å². The quantitative estimate of drug-likeness (QED) is 0.525. The highest BCUT2D eigenvalue weighted by atomic mass is 35.5. The third-order valence-corrected chi connectivity index (χ3v) is 4.73. The largest absolute Gasteiger partial charge is 0.507 e. The lowest BCUT2D eigenvalue weighted by atomic mass is 10.1. The Balaban J connectivity index is 1.70. The Morgan fingerprint density at radius 3 is 2.65 bits per heavy atom. The molecule has 0 radical (unpaired) electrons. The molecule has 1 heterocycles. The Bertz CT molecular complexity index is 973. The molecular formula is C18H12ClFN2O3S. The first-order chi connectivity index (χ1) is 12.4. The first-order valence-corrected chi connectivity index (χ1v) is 8.80. The van der Waals surface area contributed by atoms with Gasteiger partial charge in [-0.15, -0.1) is 11.8 Å². The highest BCUT2D eigenvalue weighted by Crippen LogP contribution is 2.22. The van der Waals surface area contributed by atoms with Crippen molar-refractivity contribution in [2.45, 2.75) is 4.90 Å².